The molecule has 220 valence electrons. The molecule has 0 saturated heterocycles. The third-order valence-electron chi connectivity index (χ3n) is 7.29. The number of benzene rings is 2. The summed E-state index contributed by atoms with van der Waals surface area (Å²) < 4.78 is 34.7. The average Bonchev–Trinajstić information content (AvgIpc) is 2.90. The van der Waals surface area contributed by atoms with Gasteiger partial charge in [-0.05, 0) is 76.5 Å². The first-order valence-electron chi connectivity index (χ1n) is 13.9. The third kappa shape index (κ3) is 9.92. The molecule has 2 rings (SSSR count). The Morgan fingerprint density at radius 2 is 1.68 bits per heavy atom. The Labute approximate surface area is 240 Å². The van der Waals surface area contributed by atoms with Crippen LogP contribution in [-0.2, 0) is 21.2 Å². The van der Waals surface area contributed by atoms with Crippen molar-refractivity contribution < 1.29 is 23.1 Å². The summed E-state index contributed by atoms with van der Waals surface area (Å²) in [6.07, 6.45) is 0.535. The second kappa shape index (κ2) is 14.6. The molecule has 40 heavy (non-hydrogen) atoms. The number of carbonyl (C=O) groups excluding carboxylic acids is 1. The number of hydrogen-bond acceptors (Lipinski definition) is 6. The van der Waals surface area contributed by atoms with Gasteiger partial charge in [-0.1, -0.05) is 61.9 Å². The molecule has 9 heteroatoms. The van der Waals surface area contributed by atoms with E-state index in [1.165, 1.54) is 4.31 Å². The average molecular weight is 572 g/mol. The minimum Gasteiger partial charge on any atom is -0.444 e. The van der Waals surface area contributed by atoms with Gasteiger partial charge in [0.2, 0.25) is 10.0 Å². The second-order valence-electron chi connectivity index (χ2n) is 11.5. The first-order chi connectivity index (χ1) is 18.7. The molecule has 1 unspecified atom stereocenters. The summed E-state index contributed by atoms with van der Waals surface area (Å²) in [6, 6.07) is 17.4. The van der Waals surface area contributed by atoms with Crippen molar-refractivity contribution in [3.8, 4) is 6.07 Å². The van der Waals surface area contributed by atoms with E-state index < -0.39 is 39.3 Å². The van der Waals surface area contributed by atoms with Crippen LogP contribution in [0, 0.1) is 23.7 Å². The molecule has 2 atom stereocenters. The minimum absolute atomic E-state index is 0.131. The van der Waals surface area contributed by atoms with Crippen molar-refractivity contribution in [2.75, 3.05) is 13.1 Å². The second-order valence-corrected chi connectivity index (χ2v) is 13.4. The van der Waals surface area contributed by atoms with Gasteiger partial charge in [-0.2, -0.15) is 9.57 Å². The summed E-state index contributed by atoms with van der Waals surface area (Å²) in [4.78, 5) is 12.9. The number of nitriles is 1. The zero-order valence-corrected chi connectivity index (χ0v) is 25.5. The number of ether oxygens (including phenoxy) is 1. The van der Waals surface area contributed by atoms with Crippen molar-refractivity contribution in [2.45, 2.75) is 96.3 Å². The number of nitrogens with one attached hydrogen (secondary N) is 1. The molecule has 0 radical (unpaired) electrons. The molecule has 8 nitrogen and oxygen atoms in total. The van der Waals surface area contributed by atoms with E-state index in [0.29, 0.717) is 25.7 Å². The van der Waals surface area contributed by atoms with E-state index in [9.17, 15) is 23.6 Å². The standard InChI is InChI=1S/C31H45N3O5S/c1-7-31(8-2,19-12-20-32)23-34(40(37,38)26-17-15-24(3)16-18-26)22-28(35)27(21-25-13-10-9-11-14-25)33-29(36)39-30(4,5)6/h9-11,13-18,27-28,35H,7-8,12,19,21-23H2,1-6H3,(H,33,36)/t27-,28?/m0/s1. The normalized spacial score (nSPS) is 13.9. The Hall–Kier alpha value is -2.93. The lowest BCUT2D eigenvalue weighted by molar-refractivity contribution is 0.0385. The zero-order valence-electron chi connectivity index (χ0n) is 24.7. The lowest BCUT2D eigenvalue weighted by Gasteiger charge is -2.38. The van der Waals surface area contributed by atoms with Gasteiger partial charge in [0.05, 0.1) is 23.1 Å². The molecule has 0 aliphatic carbocycles. The number of aryl methyl sites for hydroxylation is 1. The van der Waals surface area contributed by atoms with Gasteiger partial charge in [0.25, 0.3) is 0 Å². The minimum atomic E-state index is -4.01. The topological polar surface area (TPSA) is 120 Å². The molecular weight excluding hydrogens is 526 g/mol. The zero-order chi connectivity index (χ0) is 30.0. The number of sulfonamides is 1. The van der Waals surface area contributed by atoms with Crippen molar-refractivity contribution in [3.05, 3.63) is 65.7 Å². The van der Waals surface area contributed by atoms with Crippen LogP contribution in [0.4, 0.5) is 4.79 Å². The predicted molar refractivity (Wildman–Crippen MR) is 157 cm³/mol. The Bertz CT molecular complexity index is 1210. The molecule has 0 aromatic heterocycles. The Kier molecular flexibility index (Phi) is 12.2. The highest BCUT2D eigenvalue weighted by molar-refractivity contribution is 7.89. The van der Waals surface area contributed by atoms with Gasteiger partial charge >= 0.3 is 6.09 Å². The predicted octanol–water partition coefficient (Wildman–Crippen LogP) is 5.59. The first-order valence-corrected chi connectivity index (χ1v) is 15.3. The lowest BCUT2D eigenvalue weighted by atomic mass is 9.78. The number of alkyl carbamates (subject to hydrolysis) is 1. The summed E-state index contributed by atoms with van der Waals surface area (Å²) in [5.74, 6) is 0. The van der Waals surface area contributed by atoms with Crippen molar-refractivity contribution in [1.82, 2.24) is 9.62 Å². The van der Waals surface area contributed by atoms with Crippen molar-refractivity contribution in [3.63, 3.8) is 0 Å². The van der Waals surface area contributed by atoms with E-state index in [4.69, 9.17) is 4.74 Å². The number of nitrogens with zero attached hydrogens (tertiary/aromatic N) is 2. The maximum absolute atomic E-state index is 14.0. The fraction of sp³-hybridized carbons (Fsp3) is 0.548. The Morgan fingerprint density at radius 3 is 2.20 bits per heavy atom. The molecular formula is C31H45N3O5S. The molecule has 1 amide bonds. The highest BCUT2D eigenvalue weighted by Crippen LogP contribution is 2.35. The van der Waals surface area contributed by atoms with Gasteiger partial charge in [-0.3, -0.25) is 0 Å². The van der Waals surface area contributed by atoms with Gasteiger partial charge in [0, 0.05) is 19.5 Å². The van der Waals surface area contributed by atoms with Gasteiger partial charge < -0.3 is 15.2 Å². The van der Waals surface area contributed by atoms with Gasteiger partial charge in [-0.15, -0.1) is 0 Å². The first kappa shape index (κ1) is 33.3. The molecule has 0 fully saturated rings. The van der Waals surface area contributed by atoms with E-state index in [1.54, 1.807) is 45.0 Å². The number of hydrogen-bond donors (Lipinski definition) is 2. The number of aliphatic hydroxyl groups excluding tert-OH is 1. The van der Waals surface area contributed by atoms with Crippen molar-refractivity contribution >= 4 is 16.1 Å². The summed E-state index contributed by atoms with van der Waals surface area (Å²) in [5, 5.41) is 23.6. The fourth-order valence-electron chi connectivity index (χ4n) is 4.65. The van der Waals surface area contributed by atoms with E-state index in [2.05, 4.69) is 11.4 Å². The number of amides is 1. The van der Waals surface area contributed by atoms with Crippen LogP contribution in [0.25, 0.3) is 0 Å². The number of rotatable bonds is 14. The van der Waals surface area contributed by atoms with Crippen LogP contribution in [0.1, 0.15) is 71.4 Å². The summed E-state index contributed by atoms with van der Waals surface area (Å²) >= 11 is 0. The lowest BCUT2D eigenvalue weighted by Crippen LogP contribution is -2.53. The highest BCUT2D eigenvalue weighted by Gasteiger charge is 2.37. The molecule has 0 saturated carbocycles. The van der Waals surface area contributed by atoms with E-state index >= 15 is 0 Å². The van der Waals surface area contributed by atoms with Crippen LogP contribution in [0.3, 0.4) is 0 Å². The number of carbonyl (C=O) groups is 1. The molecule has 0 spiro atoms. The highest BCUT2D eigenvalue weighted by atomic mass is 32.2. The van der Waals surface area contributed by atoms with Gasteiger partial charge in [-0.25, -0.2) is 13.2 Å². The summed E-state index contributed by atoms with van der Waals surface area (Å²) in [5.41, 5.74) is 0.623. The molecule has 0 aliphatic heterocycles. The smallest absolute Gasteiger partial charge is 0.407 e. The summed E-state index contributed by atoms with van der Waals surface area (Å²) in [7, 11) is -4.01. The Balaban J connectivity index is 2.48. The van der Waals surface area contributed by atoms with E-state index in [-0.39, 0.29) is 24.4 Å². The molecule has 0 aliphatic rings. The van der Waals surface area contributed by atoms with Crippen molar-refractivity contribution in [1.29, 1.82) is 5.26 Å². The molecule has 2 N–H and O–H groups in total. The molecule has 2 aromatic carbocycles. The maximum Gasteiger partial charge on any atom is 0.407 e. The fourth-order valence-corrected chi connectivity index (χ4v) is 6.23. The molecule has 0 bridgehead atoms. The van der Waals surface area contributed by atoms with Crippen LogP contribution in [-0.4, -0.2) is 54.8 Å². The van der Waals surface area contributed by atoms with Gasteiger partial charge in [0.1, 0.15) is 5.60 Å². The van der Waals surface area contributed by atoms with Crippen LogP contribution in [0.5, 0.6) is 0 Å². The largest absolute Gasteiger partial charge is 0.444 e. The molecule has 2 aromatic rings. The van der Waals surface area contributed by atoms with E-state index in [1.807, 2.05) is 51.1 Å². The van der Waals surface area contributed by atoms with Gasteiger partial charge in [0.15, 0.2) is 0 Å². The number of aliphatic hydroxyl groups is 1. The van der Waals surface area contributed by atoms with E-state index in [0.717, 1.165) is 11.1 Å². The maximum atomic E-state index is 14.0. The monoisotopic (exact) mass is 571 g/mol. The Morgan fingerprint density at radius 1 is 1.07 bits per heavy atom. The van der Waals surface area contributed by atoms with Crippen LogP contribution < -0.4 is 5.32 Å². The quantitative estimate of drug-likeness (QED) is 0.305. The van der Waals surface area contributed by atoms with Crippen LogP contribution in [0.2, 0.25) is 0 Å². The third-order valence-corrected chi connectivity index (χ3v) is 9.12. The SMILES string of the molecule is CCC(CC)(CCC#N)CN(CC(O)[C@H](Cc1ccccc1)NC(=O)OC(C)(C)C)S(=O)(=O)c1ccc(C)cc1. The summed E-state index contributed by atoms with van der Waals surface area (Å²) in [6.45, 7) is 11.0. The van der Waals surface area contributed by atoms with Crippen molar-refractivity contribution in [2.24, 2.45) is 5.41 Å². The van der Waals surface area contributed by atoms with Crippen LogP contribution >= 0.6 is 0 Å². The van der Waals surface area contributed by atoms with Crippen LogP contribution in [0.15, 0.2) is 59.5 Å². The molecule has 0 heterocycles.